The number of oxazole rings is 1. The molecule has 0 fully saturated rings. The number of carbonyl (C=O) groups is 1. The second kappa shape index (κ2) is 7.01. The van der Waals surface area contributed by atoms with E-state index in [9.17, 15) is 27.2 Å². The molecule has 11 heteroatoms. The Morgan fingerprint density at radius 3 is 2.73 bits per heavy atom. The highest BCUT2D eigenvalue weighted by Gasteiger charge is 2.31. The molecule has 0 atom stereocenters. The highest BCUT2D eigenvalue weighted by molar-refractivity contribution is 5.80. The Bertz CT molecular complexity index is 1320. The lowest BCUT2D eigenvalue weighted by Gasteiger charge is -2.16. The van der Waals surface area contributed by atoms with Gasteiger partial charge in [-0.25, -0.2) is 14.2 Å². The average Bonchev–Trinajstić information content (AvgIpc) is 3.20. The van der Waals surface area contributed by atoms with Crippen molar-refractivity contribution in [2.75, 3.05) is 7.05 Å². The van der Waals surface area contributed by atoms with Crippen molar-refractivity contribution < 1.29 is 26.8 Å². The van der Waals surface area contributed by atoms with E-state index in [0.29, 0.717) is 16.9 Å². The van der Waals surface area contributed by atoms with Crippen LogP contribution in [0, 0.1) is 5.82 Å². The van der Waals surface area contributed by atoms with E-state index < -0.39 is 35.8 Å². The zero-order valence-corrected chi connectivity index (χ0v) is 15.5. The van der Waals surface area contributed by atoms with Crippen molar-refractivity contribution in [1.29, 1.82) is 0 Å². The van der Waals surface area contributed by atoms with E-state index in [0.717, 1.165) is 22.8 Å². The molecular weight excluding hydrogens is 408 g/mol. The molecular formula is C19H14F4N4O3. The van der Waals surface area contributed by atoms with Gasteiger partial charge in [0.2, 0.25) is 5.91 Å². The van der Waals surface area contributed by atoms with E-state index >= 15 is 0 Å². The lowest BCUT2D eigenvalue weighted by Crippen LogP contribution is -2.32. The van der Waals surface area contributed by atoms with Crippen LogP contribution in [0.5, 0.6) is 0 Å². The molecule has 2 aromatic carbocycles. The molecule has 0 aliphatic carbocycles. The van der Waals surface area contributed by atoms with Gasteiger partial charge < -0.3 is 14.3 Å². The number of benzene rings is 2. The van der Waals surface area contributed by atoms with Crippen LogP contribution >= 0.6 is 0 Å². The van der Waals surface area contributed by atoms with Crippen molar-refractivity contribution in [3.05, 3.63) is 64.2 Å². The number of nitrogens with zero attached hydrogens (tertiary/aromatic N) is 3. The van der Waals surface area contributed by atoms with Crippen LogP contribution in [0.25, 0.3) is 22.1 Å². The summed E-state index contributed by atoms with van der Waals surface area (Å²) in [5.74, 6) is -1.55. The number of aromatic nitrogens is 3. The highest BCUT2D eigenvalue weighted by atomic mass is 19.4. The van der Waals surface area contributed by atoms with E-state index in [-0.39, 0.29) is 17.6 Å². The Morgan fingerprint density at radius 1 is 1.23 bits per heavy atom. The summed E-state index contributed by atoms with van der Waals surface area (Å²) in [6, 6.07) is 6.62. The number of nitrogens with one attached hydrogen (secondary N) is 1. The average molecular weight is 422 g/mol. The summed E-state index contributed by atoms with van der Waals surface area (Å²) in [7, 11) is 1.45. The Labute approximate surface area is 165 Å². The number of imidazole rings is 1. The van der Waals surface area contributed by atoms with E-state index in [1.807, 2.05) is 0 Å². The van der Waals surface area contributed by atoms with Crippen LogP contribution in [0.1, 0.15) is 11.4 Å². The molecule has 0 saturated carbocycles. The van der Waals surface area contributed by atoms with Gasteiger partial charge in [0, 0.05) is 7.05 Å². The number of fused-ring (bicyclic) bond motifs is 2. The van der Waals surface area contributed by atoms with Crippen LogP contribution in [0.15, 0.2) is 45.6 Å². The van der Waals surface area contributed by atoms with E-state index in [4.69, 9.17) is 4.42 Å². The molecule has 2 heterocycles. The number of amides is 1. The number of carbonyl (C=O) groups excluding carboxylic acids is 1. The molecule has 0 spiro atoms. The highest BCUT2D eigenvalue weighted by Crippen LogP contribution is 2.31. The maximum absolute atomic E-state index is 13.3. The van der Waals surface area contributed by atoms with Gasteiger partial charge in [0.25, 0.3) is 0 Å². The molecule has 0 aliphatic heterocycles. The lowest BCUT2D eigenvalue weighted by molar-refractivity contribution is -0.137. The first-order valence-corrected chi connectivity index (χ1v) is 8.70. The monoisotopic (exact) mass is 422 g/mol. The summed E-state index contributed by atoms with van der Waals surface area (Å²) in [5, 5.41) is 0. The molecule has 0 saturated heterocycles. The van der Waals surface area contributed by atoms with Gasteiger partial charge in [0.15, 0.2) is 5.58 Å². The molecule has 7 nitrogen and oxygen atoms in total. The summed E-state index contributed by atoms with van der Waals surface area (Å²) in [5.41, 5.74) is -0.162. The van der Waals surface area contributed by atoms with Gasteiger partial charge in [-0.15, -0.1) is 0 Å². The largest absolute Gasteiger partial charge is 0.420 e. The van der Waals surface area contributed by atoms with Gasteiger partial charge >= 0.3 is 11.9 Å². The lowest BCUT2D eigenvalue weighted by atomic mass is 10.2. The minimum atomic E-state index is -4.60. The Morgan fingerprint density at radius 2 is 2.00 bits per heavy atom. The van der Waals surface area contributed by atoms with Gasteiger partial charge in [-0.2, -0.15) is 13.2 Å². The SMILES string of the molecule is CN(Cc1nc2ccc(F)cc2[nH]1)C(=O)Cn1c(=O)oc2ccc(C(F)(F)F)cc21. The first-order valence-electron chi connectivity index (χ1n) is 8.70. The molecule has 30 heavy (non-hydrogen) atoms. The summed E-state index contributed by atoms with van der Waals surface area (Å²) in [6.07, 6.45) is -4.60. The van der Waals surface area contributed by atoms with Gasteiger partial charge in [0.05, 0.1) is 28.7 Å². The third kappa shape index (κ3) is 3.65. The summed E-state index contributed by atoms with van der Waals surface area (Å²) >= 11 is 0. The minimum Gasteiger partial charge on any atom is -0.408 e. The molecule has 2 aromatic heterocycles. The first kappa shape index (κ1) is 19.7. The van der Waals surface area contributed by atoms with E-state index in [1.165, 1.54) is 30.1 Å². The summed E-state index contributed by atoms with van der Waals surface area (Å²) in [6.45, 7) is -0.494. The summed E-state index contributed by atoms with van der Waals surface area (Å²) in [4.78, 5) is 33.0. The standard InChI is InChI=1S/C19H14F4N4O3/c1-26(8-16-24-12-4-3-11(20)7-13(12)25-16)17(28)9-27-14-6-10(19(21,22)23)2-5-15(14)30-18(27)29/h2-7H,8-9H2,1H3,(H,24,25). The Hall–Kier alpha value is -3.63. The predicted octanol–water partition coefficient (Wildman–Crippen LogP) is 3.29. The minimum absolute atomic E-state index is 0.0213. The number of hydrogen-bond donors (Lipinski definition) is 1. The number of halogens is 4. The Balaban J connectivity index is 1.57. The number of likely N-dealkylation sites (N-methyl/N-ethyl adjacent to an activating group) is 1. The van der Waals surface area contributed by atoms with Gasteiger partial charge in [0.1, 0.15) is 18.2 Å². The molecule has 1 N–H and O–H groups in total. The normalized spacial score (nSPS) is 12.0. The number of aromatic amines is 1. The molecule has 0 radical (unpaired) electrons. The van der Waals surface area contributed by atoms with Crippen molar-refractivity contribution in [3.8, 4) is 0 Å². The molecule has 156 valence electrons. The molecule has 0 aliphatic rings. The second-order valence-electron chi connectivity index (χ2n) is 6.73. The van der Waals surface area contributed by atoms with Crippen molar-refractivity contribution in [2.45, 2.75) is 19.3 Å². The molecule has 4 aromatic rings. The number of H-pyrrole nitrogens is 1. The van der Waals surface area contributed by atoms with Crippen molar-refractivity contribution in [3.63, 3.8) is 0 Å². The molecule has 0 unspecified atom stereocenters. The molecule has 0 bridgehead atoms. The number of rotatable bonds is 4. The fourth-order valence-electron chi connectivity index (χ4n) is 3.07. The zero-order valence-electron chi connectivity index (χ0n) is 15.5. The van der Waals surface area contributed by atoms with Crippen LogP contribution in [-0.4, -0.2) is 32.4 Å². The maximum Gasteiger partial charge on any atom is 0.420 e. The van der Waals surface area contributed by atoms with Crippen molar-refractivity contribution in [2.24, 2.45) is 0 Å². The smallest absolute Gasteiger partial charge is 0.408 e. The predicted molar refractivity (Wildman–Crippen MR) is 98.0 cm³/mol. The topological polar surface area (TPSA) is 84.1 Å². The van der Waals surface area contributed by atoms with Gasteiger partial charge in [-0.1, -0.05) is 0 Å². The molecule has 1 amide bonds. The van der Waals surface area contributed by atoms with Crippen LogP contribution in [0.4, 0.5) is 17.6 Å². The molecule has 4 rings (SSSR count). The first-order chi connectivity index (χ1) is 14.1. The van der Waals surface area contributed by atoms with Crippen LogP contribution < -0.4 is 5.76 Å². The second-order valence-corrected chi connectivity index (χ2v) is 6.73. The van der Waals surface area contributed by atoms with E-state index in [1.54, 1.807) is 0 Å². The fraction of sp³-hybridized carbons (Fsp3) is 0.211. The third-order valence-corrected chi connectivity index (χ3v) is 4.59. The zero-order chi connectivity index (χ0) is 21.6. The van der Waals surface area contributed by atoms with Gasteiger partial charge in [-0.3, -0.25) is 9.36 Å². The maximum atomic E-state index is 13.3. The van der Waals surface area contributed by atoms with Crippen LogP contribution in [0.3, 0.4) is 0 Å². The van der Waals surface area contributed by atoms with Crippen LogP contribution in [0.2, 0.25) is 0 Å². The van der Waals surface area contributed by atoms with Crippen molar-refractivity contribution >= 4 is 28.0 Å². The van der Waals surface area contributed by atoms with Crippen molar-refractivity contribution in [1.82, 2.24) is 19.4 Å². The Kier molecular flexibility index (Phi) is 4.60. The number of alkyl halides is 3. The van der Waals surface area contributed by atoms with E-state index in [2.05, 4.69) is 9.97 Å². The van der Waals surface area contributed by atoms with Crippen LogP contribution in [-0.2, 0) is 24.1 Å². The fourth-order valence-corrected chi connectivity index (χ4v) is 3.07. The number of hydrogen-bond acceptors (Lipinski definition) is 4. The van der Waals surface area contributed by atoms with Gasteiger partial charge in [-0.05, 0) is 36.4 Å². The quantitative estimate of drug-likeness (QED) is 0.512. The third-order valence-electron chi connectivity index (χ3n) is 4.59. The summed E-state index contributed by atoms with van der Waals surface area (Å²) < 4.78 is 58.0.